The average molecular weight is 340 g/mol. The van der Waals surface area contributed by atoms with Gasteiger partial charge in [0.05, 0.1) is 4.47 Å². The molecule has 2 nitrogen and oxygen atoms in total. The molecule has 2 fully saturated rings. The monoisotopic (exact) mass is 339 g/mol. The minimum Gasteiger partial charge on any atom is -0.335 e. The molecule has 2 atom stereocenters. The maximum absolute atomic E-state index is 13.3. The zero-order valence-corrected chi connectivity index (χ0v) is 13.0. The minimum absolute atomic E-state index is 0.0577. The van der Waals surface area contributed by atoms with E-state index in [0.29, 0.717) is 22.0 Å². The van der Waals surface area contributed by atoms with Crippen molar-refractivity contribution in [2.24, 2.45) is 5.92 Å². The molecule has 20 heavy (non-hydrogen) atoms. The summed E-state index contributed by atoms with van der Waals surface area (Å²) < 4.78 is 13.7. The van der Waals surface area contributed by atoms with E-state index in [-0.39, 0.29) is 11.7 Å². The third-order valence-corrected chi connectivity index (χ3v) is 5.28. The second-order valence-corrected chi connectivity index (χ2v) is 6.74. The fourth-order valence-corrected chi connectivity index (χ4v) is 4.05. The minimum atomic E-state index is -0.323. The van der Waals surface area contributed by atoms with Gasteiger partial charge in [-0.25, -0.2) is 4.39 Å². The maximum Gasteiger partial charge on any atom is 0.254 e. The Labute approximate surface area is 127 Å². The standard InChI is InChI=1S/C16H19BrFNO/c17-13-10-12(7-8-14(13)18)16(20)19-9-3-5-11-4-1-2-6-15(11)19/h7-8,10-11,15H,1-6,9H2/t11-,15-/m1/s1. The van der Waals surface area contributed by atoms with Gasteiger partial charge in [-0.3, -0.25) is 4.79 Å². The Morgan fingerprint density at radius 2 is 1.95 bits per heavy atom. The summed E-state index contributed by atoms with van der Waals surface area (Å²) in [5.74, 6) is 0.406. The van der Waals surface area contributed by atoms with E-state index < -0.39 is 0 Å². The van der Waals surface area contributed by atoms with E-state index in [0.717, 1.165) is 19.4 Å². The molecule has 0 aromatic heterocycles. The number of amides is 1. The molecule has 1 amide bonds. The number of hydrogen-bond donors (Lipinski definition) is 0. The number of benzene rings is 1. The predicted octanol–water partition coefficient (Wildman–Crippen LogP) is 4.38. The Balaban J connectivity index is 1.83. The molecular weight excluding hydrogens is 321 g/mol. The molecule has 2 aliphatic rings. The number of piperidine rings is 1. The molecule has 0 radical (unpaired) electrons. The fourth-order valence-electron chi connectivity index (χ4n) is 3.67. The van der Waals surface area contributed by atoms with Crippen molar-refractivity contribution in [2.45, 2.75) is 44.6 Å². The first-order valence-electron chi connectivity index (χ1n) is 7.43. The molecule has 1 saturated heterocycles. The van der Waals surface area contributed by atoms with Gasteiger partial charge in [0, 0.05) is 18.2 Å². The normalized spacial score (nSPS) is 26.2. The summed E-state index contributed by atoms with van der Waals surface area (Å²) in [4.78, 5) is 14.7. The van der Waals surface area contributed by atoms with Crippen LogP contribution in [0, 0.1) is 11.7 Å². The number of carbonyl (C=O) groups is 1. The van der Waals surface area contributed by atoms with Crippen LogP contribution in [0.5, 0.6) is 0 Å². The van der Waals surface area contributed by atoms with Crippen LogP contribution in [0.15, 0.2) is 22.7 Å². The molecule has 4 heteroatoms. The van der Waals surface area contributed by atoms with Crippen molar-refractivity contribution in [1.29, 1.82) is 0 Å². The van der Waals surface area contributed by atoms with Crippen molar-refractivity contribution in [3.63, 3.8) is 0 Å². The van der Waals surface area contributed by atoms with Gasteiger partial charge in [0.2, 0.25) is 0 Å². The summed E-state index contributed by atoms with van der Waals surface area (Å²) in [5, 5.41) is 0. The second kappa shape index (κ2) is 5.84. The Bertz CT molecular complexity index is 517. The largest absolute Gasteiger partial charge is 0.335 e. The predicted molar refractivity (Wildman–Crippen MR) is 80.1 cm³/mol. The Morgan fingerprint density at radius 3 is 2.75 bits per heavy atom. The van der Waals surface area contributed by atoms with Crippen LogP contribution < -0.4 is 0 Å². The van der Waals surface area contributed by atoms with E-state index >= 15 is 0 Å². The zero-order valence-electron chi connectivity index (χ0n) is 11.4. The van der Waals surface area contributed by atoms with Gasteiger partial charge in [-0.1, -0.05) is 12.8 Å². The molecule has 1 aromatic rings. The van der Waals surface area contributed by atoms with E-state index in [1.54, 1.807) is 12.1 Å². The molecule has 0 spiro atoms. The average Bonchev–Trinajstić information content (AvgIpc) is 2.49. The molecule has 1 aromatic carbocycles. The van der Waals surface area contributed by atoms with Gasteiger partial charge in [0.1, 0.15) is 5.82 Å². The number of rotatable bonds is 1. The summed E-state index contributed by atoms with van der Waals surface area (Å²) in [6.45, 7) is 0.842. The Morgan fingerprint density at radius 1 is 1.20 bits per heavy atom. The lowest BCUT2D eigenvalue weighted by Gasteiger charge is -2.44. The van der Waals surface area contributed by atoms with E-state index in [2.05, 4.69) is 15.9 Å². The van der Waals surface area contributed by atoms with E-state index in [4.69, 9.17) is 0 Å². The molecule has 1 aliphatic heterocycles. The molecule has 3 rings (SSSR count). The third kappa shape index (κ3) is 2.62. The smallest absolute Gasteiger partial charge is 0.254 e. The Kier molecular flexibility index (Phi) is 4.11. The van der Waals surface area contributed by atoms with Crippen LogP contribution in [-0.2, 0) is 0 Å². The number of halogens is 2. The third-order valence-electron chi connectivity index (χ3n) is 4.67. The maximum atomic E-state index is 13.3. The van der Waals surface area contributed by atoms with Crippen molar-refractivity contribution in [3.05, 3.63) is 34.1 Å². The van der Waals surface area contributed by atoms with Crippen molar-refractivity contribution < 1.29 is 9.18 Å². The van der Waals surface area contributed by atoms with Crippen LogP contribution in [0.1, 0.15) is 48.9 Å². The topological polar surface area (TPSA) is 20.3 Å². The lowest BCUT2D eigenvalue weighted by atomic mass is 9.78. The van der Waals surface area contributed by atoms with Gasteiger partial charge in [-0.2, -0.15) is 0 Å². The highest BCUT2D eigenvalue weighted by atomic mass is 79.9. The van der Waals surface area contributed by atoms with Crippen LogP contribution in [0.4, 0.5) is 4.39 Å². The fraction of sp³-hybridized carbons (Fsp3) is 0.562. The lowest BCUT2D eigenvalue weighted by Crippen LogP contribution is -2.49. The highest BCUT2D eigenvalue weighted by Gasteiger charge is 2.35. The number of likely N-dealkylation sites (tertiary alicyclic amines) is 1. The first kappa shape index (κ1) is 14.1. The highest BCUT2D eigenvalue weighted by Crippen LogP contribution is 2.36. The highest BCUT2D eigenvalue weighted by molar-refractivity contribution is 9.10. The molecule has 0 bridgehead atoms. The van der Waals surface area contributed by atoms with Gasteiger partial charge in [-0.05, 0) is 65.7 Å². The molecular formula is C16H19BrFNO. The van der Waals surface area contributed by atoms with Crippen molar-refractivity contribution in [2.75, 3.05) is 6.54 Å². The number of fused-ring (bicyclic) bond motifs is 1. The number of nitrogens with zero attached hydrogens (tertiary/aromatic N) is 1. The van der Waals surface area contributed by atoms with E-state index in [1.807, 2.05) is 4.90 Å². The molecule has 1 heterocycles. The van der Waals surface area contributed by atoms with Gasteiger partial charge in [-0.15, -0.1) is 0 Å². The second-order valence-electron chi connectivity index (χ2n) is 5.88. The van der Waals surface area contributed by atoms with Gasteiger partial charge in [0.25, 0.3) is 5.91 Å². The van der Waals surface area contributed by atoms with E-state index in [9.17, 15) is 9.18 Å². The zero-order chi connectivity index (χ0) is 14.1. The van der Waals surface area contributed by atoms with Crippen LogP contribution in [-0.4, -0.2) is 23.4 Å². The first-order chi connectivity index (χ1) is 9.66. The lowest BCUT2D eigenvalue weighted by molar-refractivity contribution is 0.0390. The molecule has 1 saturated carbocycles. The summed E-state index contributed by atoms with van der Waals surface area (Å²) >= 11 is 3.16. The molecule has 0 unspecified atom stereocenters. The number of hydrogen-bond acceptors (Lipinski definition) is 1. The van der Waals surface area contributed by atoms with Gasteiger partial charge < -0.3 is 4.90 Å². The van der Waals surface area contributed by atoms with Gasteiger partial charge >= 0.3 is 0 Å². The first-order valence-corrected chi connectivity index (χ1v) is 8.22. The Hall–Kier alpha value is -0.900. The SMILES string of the molecule is O=C(c1ccc(F)c(Br)c1)N1CCC[C@H]2CCCC[C@H]21. The number of carbonyl (C=O) groups excluding carboxylic acids is 1. The molecule has 0 N–H and O–H groups in total. The van der Waals surface area contributed by atoms with Crippen LogP contribution in [0.25, 0.3) is 0 Å². The molecule has 108 valence electrons. The van der Waals surface area contributed by atoms with Crippen molar-refractivity contribution in [3.8, 4) is 0 Å². The van der Waals surface area contributed by atoms with Gasteiger partial charge in [0.15, 0.2) is 0 Å². The summed E-state index contributed by atoms with van der Waals surface area (Å²) in [6.07, 6.45) is 7.24. The van der Waals surface area contributed by atoms with Crippen LogP contribution in [0.3, 0.4) is 0 Å². The molecule has 1 aliphatic carbocycles. The van der Waals surface area contributed by atoms with Crippen molar-refractivity contribution in [1.82, 2.24) is 4.90 Å². The van der Waals surface area contributed by atoms with Crippen molar-refractivity contribution >= 4 is 21.8 Å². The van der Waals surface area contributed by atoms with Crippen LogP contribution >= 0.6 is 15.9 Å². The summed E-state index contributed by atoms with van der Waals surface area (Å²) in [6, 6.07) is 4.95. The quantitative estimate of drug-likeness (QED) is 0.743. The van der Waals surface area contributed by atoms with Crippen LogP contribution in [0.2, 0.25) is 0 Å². The van der Waals surface area contributed by atoms with E-state index in [1.165, 1.54) is 31.7 Å². The summed E-state index contributed by atoms with van der Waals surface area (Å²) in [7, 11) is 0. The summed E-state index contributed by atoms with van der Waals surface area (Å²) in [5.41, 5.74) is 0.587.